The van der Waals surface area contributed by atoms with Crippen LogP contribution in [0.15, 0.2) is 16.6 Å². The number of hydrogen-bond donors (Lipinski definition) is 1. The monoisotopic (exact) mass is 283 g/mol. The Kier molecular flexibility index (Phi) is 3.35. The highest BCUT2D eigenvalue weighted by atomic mass is 79.9. The van der Waals surface area contributed by atoms with Crippen molar-refractivity contribution in [2.24, 2.45) is 0 Å². The zero-order valence-electron chi connectivity index (χ0n) is 8.19. The van der Waals surface area contributed by atoms with Crippen molar-refractivity contribution in [3.8, 4) is 12.3 Å². The summed E-state index contributed by atoms with van der Waals surface area (Å²) in [5.41, 5.74) is 2.64. The van der Waals surface area contributed by atoms with Gasteiger partial charge in [0.2, 0.25) is 0 Å². The summed E-state index contributed by atoms with van der Waals surface area (Å²) < 4.78 is 1.11. The van der Waals surface area contributed by atoms with Gasteiger partial charge in [-0.2, -0.15) is 0 Å². The zero-order valence-corrected chi connectivity index (χ0v) is 10.5. The first-order chi connectivity index (χ1) is 7.22. The van der Waals surface area contributed by atoms with Crippen molar-refractivity contribution in [3.05, 3.63) is 32.8 Å². The Morgan fingerprint density at radius 3 is 3.13 bits per heavy atom. The van der Waals surface area contributed by atoms with Crippen molar-refractivity contribution in [2.45, 2.75) is 18.9 Å². The molecule has 0 saturated carbocycles. The normalized spacial score (nSPS) is 18.6. The standard InChI is InChI=1S/C12H11BrClN/c1-2-5-15-12-4-3-9-10(12)6-8(14)7-11(9)13/h1,6-7,12,15H,3-5H2. The third-order valence-corrected chi connectivity index (χ3v) is 3.63. The van der Waals surface area contributed by atoms with Crippen LogP contribution in [-0.2, 0) is 6.42 Å². The molecule has 0 heterocycles. The van der Waals surface area contributed by atoms with Gasteiger partial charge in [0.05, 0.1) is 6.54 Å². The quantitative estimate of drug-likeness (QED) is 0.822. The highest BCUT2D eigenvalue weighted by Crippen LogP contribution is 2.37. The highest BCUT2D eigenvalue weighted by molar-refractivity contribution is 9.10. The average Bonchev–Trinajstić information content (AvgIpc) is 2.58. The second-order valence-electron chi connectivity index (χ2n) is 3.63. The van der Waals surface area contributed by atoms with E-state index in [0.717, 1.165) is 22.3 Å². The summed E-state index contributed by atoms with van der Waals surface area (Å²) in [6.07, 6.45) is 7.41. The molecule has 3 heteroatoms. The van der Waals surface area contributed by atoms with Gasteiger partial charge in [-0.3, -0.25) is 5.32 Å². The van der Waals surface area contributed by atoms with Gasteiger partial charge in [-0.1, -0.05) is 33.5 Å². The molecule has 0 bridgehead atoms. The summed E-state index contributed by atoms with van der Waals surface area (Å²) in [7, 11) is 0. The molecular formula is C12H11BrClN. The van der Waals surface area contributed by atoms with E-state index in [1.54, 1.807) is 0 Å². The lowest BCUT2D eigenvalue weighted by molar-refractivity contribution is 0.568. The molecular weight excluding hydrogens is 273 g/mol. The summed E-state index contributed by atoms with van der Waals surface area (Å²) in [5, 5.41) is 4.10. The smallest absolute Gasteiger partial charge is 0.0578 e. The van der Waals surface area contributed by atoms with Crippen LogP contribution in [0.3, 0.4) is 0 Å². The molecule has 1 aliphatic rings. The SMILES string of the molecule is C#CCNC1CCc2c(Br)cc(Cl)cc21. The molecule has 0 aromatic heterocycles. The maximum Gasteiger partial charge on any atom is 0.0578 e. The van der Waals surface area contributed by atoms with E-state index in [1.165, 1.54) is 11.1 Å². The van der Waals surface area contributed by atoms with E-state index in [2.05, 4.69) is 27.2 Å². The van der Waals surface area contributed by atoms with Crippen LogP contribution in [0.4, 0.5) is 0 Å². The third-order valence-electron chi connectivity index (χ3n) is 2.70. The van der Waals surface area contributed by atoms with Crippen LogP contribution in [0.2, 0.25) is 5.02 Å². The average molecular weight is 285 g/mol. The Labute approximate surface area is 103 Å². The summed E-state index contributed by atoms with van der Waals surface area (Å²) in [6.45, 7) is 0.605. The Morgan fingerprint density at radius 2 is 2.40 bits per heavy atom. The van der Waals surface area contributed by atoms with Crippen molar-refractivity contribution in [2.75, 3.05) is 6.54 Å². The fourth-order valence-electron chi connectivity index (χ4n) is 2.04. The maximum absolute atomic E-state index is 6.03. The summed E-state index contributed by atoms with van der Waals surface area (Å²) >= 11 is 9.57. The molecule has 0 fully saturated rings. The van der Waals surface area contributed by atoms with Crippen molar-refractivity contribution in [1.29, 1.82) is 0 Å². The van der Waals surface area contributed by atoms with Crippen molar-refractivity contribution < 1.29 is 0 Å². The van der Waals surface area contributed by atoms with Crippen LogP contribution < -0.4 is 5.32 Å². The van der Waals surface area contributed by atoms with Crippen LogP contribution in [0, 0.1) is 12.3 Å². The number of hydrogen-bond acceptors (Lipinski definition) is 1. The fraction of sp³-hybridized carbons (Fsp3) is 0.333. The topological polar surface area (TPSA) is 12.0 Å². The molecule has 1 atom stereocenters. The lowest BCUT2D eigenvalue weighted by atomic mass is 10.1. The lowest BCUT2D eigenvalue weighted by Crippen LogP contribution is -2.19. The van der Waals surface area contributed by atoms with E-state index in [1.807, 2.05) is 12.1 Å². The molecule has 15 heavy (non-hydrogen) atoms. The molecule has 0 aliphatic heterocycles. The first kappa shape index (κ1) is 11.0. The fourth-order valence-corrected chi connectivity index (χ4v) is 3.07. The van der Waals surface area contributed by atoms with E-state index in [4.69, 9.17) is 18.0 Å². The van der Waals surface area contributed by atoms with Crippen molar-refractivity contribution in [1.82, 2.24) is 5.32 Å². The van der Waals surface area contributed by atoms with Gasteiger partial charge < -0.3 is 0 Å². The summed E-state index contributed by atoms with van der Waals surface area (Å²) in [5.74, 6) is 2.60. The number of benzene rings is 1. The molecule has 1 nitrogen and oxygen atoms in total. The van der Waals surface area contributed by atoms with E-state index in [0.29, 0.717) is 12.6 Å². The van der Waals surface area contributed by atoms with Crippen LogP contribution in [0.5, 0.6) is 0 Å². The molecule has 78 valence electrons. The highest BCUT2D eigenvalue weighted by Gasteiger charge is 2.23. The summed E-state index contributed by atoms with van der Waals surface area (Å²) in [4.78, 5) is 0. The largest absolute Gasteiger partial charge is 0.299 e. The van der Waals surface area contributed by atoms with E-state index in [-0.39, 0.29) is 0 Å². The van der Waals surface area contributed by atoms with Gasteiger partial charge in [-0.15, -0.1) is 6.42 Å². The van der Waals surface area contributed by atoms with Crippen LogP contribution in [0.25, 0.3) is 0 Å². The minimum absolute atomic E-state index is 0.353. The minimum atomic E-state index is 0.353. The number of terminal acetylenes is 1. The first-order valence-electron chi connectivity index (χ1n) is 4.87. The first-order valence-corrected chi connectivity index (χ1v) is 6.04. The number of fused-ring (bicyclic) bond motifs is 1. The Morgan fingerprint density at radius 1 is 1.60 bits per heavy atom. The van der Waals surface area contributed by atoms with Gasteiger partial charge in [0.25, 0.3) is 0 Å². The second kappa shape index (κ2) is 4.57. The number of nitrogens with one attached hydrogen (secondary N) is 1. The number of rotatable bonds is 2. The molecule has 1 aromatic carbocycles. The predicted molar refractivity (Wildman–Crippen MR) is 67.0 cm³/mol. The predicted octanol–water partition coefficient (Wildman–Crippen LogP) is 3.31. The summed E-state index contributed by atoms with van der Waals surface area (Å²) in [6, 6.07) is 4.33. The lowest BCUT2D eigenvalue weighted by Gasteiger charge is -2.12. The molecule has 0 amide bonds. The van der Waals surface area contributed by atoms with Gasteiger partial charge in [-0.05, 0) is 36.1 Å². The van der Waals surface area contributed by atoms with E-state index < -0.39 is 0 Å². The number of halogens is 2. The molecule has 0 radical (unpaired) electrons. The molecule has 0 saturated heterocycles. The molecule has 1 N–H and O–H groups in total. The van der Waals surface area contributed by atoms with Gasteiger partial charge in [-0.25, -0.2) is 0 Å². The van der Waals surface area contributed by atoms with Gasteiger partial charge in [0.1, 0.15) is 0 Å². The minimum Gasteiger partial charge on any atom is -0.299 e. The maximum atomic E-state index is 6.03. The van der Waals surface area contributed by atoms with E-state index in [9.17, 15) is 0 Å². The molecule has 2 rings (SSSR count). The third kappa shape index (κ3) is 2.20. The molecule has 1 aromatic rings. The second-order valence-corrected chi connectivity index (χ2v) is 4.92. The van der Waals surface area contributed by atoms with Crippen molar-refractivity contribution >= 4 is 27.5 Å². The molecule has 0 spiro atoms. The van der Waals surface area contributed by atoms with Gasteiger partial charge in [0.15, 0.2) is 0 Å². The zero-order chi connectivity index (χ0) is 10.8. The van der Waals surface area contributed by atoms with Gasteiger partial charge in [0, 0.05) is 15.5 Å². The molecule has 1 aliphatic carbocycles. The van der Waals surface area contributed by atoms with Crippen LogP contribution in [0.1, 0.15) is 23.6 Å². The Balaban J connectivity index is 2.30. The van der Waals surface area contributed by atoms with Gasteiger partial charge >= 0.3 is 0 Å². The van der Waals surface area contributed by atoms with Crippen LogP contribution >= 0.6 is 27.5 Å². The molecule has 1 unspecified atom stereocenters. The van der Waals surface area contributed by atoms with Crippen LogP contribution in [-0.4, -0.2) is 6.54 Å². The Bertz CT molecular complexity index is 422. The van der Waals surface area contributed by atoms with Crippen molar-refractivity contribution in [3.63, 3.8) is 0 Å². The van der Waals surface area contributed by atoms with E-state index >= 15 is 0 Å². The Hall–Kier alpha value is -0.490.